The number of aromatic nitrogens is 2. The zero-order chi connectivity index (χ0) is 16.5. The van der Waals surface area contributed by atoms with Crippen LogP contribution in [-0.4, -0.2) is 23.3 Å². The van der Waals surface area contributed by atoms with Gasteiger partial charge in [0, 0.05) is 6.54 Å². The molecule has 0 bridgehead atoms. The minimum absolute atomic E-state index is 0.153. The maximum absolute atomic E-state index is 12.6. The summed E-state index contributed by atoms with van der Waals surface area (Å²) in [6.07, 6.45) is 0. The standard InChI is InChI=1S/C14H18ClN3O3S/c1-4-18-10(3)14(9(2)16-18)22(20,21)17-13-7-11(8-19)5-6-12(13)15/h5-7,17,19H,4,8H2,1-3H3. The van der Waals surface area contributed by atoms with Gasteiger partial charge in [0.25, 0.3) is 10.0 Å². The molecule has 0 unspecified atom stereocenters. The Bertz CT molecular complexity index is 800. The number of anilines is 1. The molecule has 0 radical (unpaired) electrons. The van der Waals surface area contributed by atoms with Gasteiger partial charge in [-0.15, -0.1) is 0 Å². The SMILES string of the molecule is CCn1nc(C)c(S(=O)(=O)Nc2cc(CO)ccc2Cl)c1C. The summed E-state index contributed by atoms with van der Waals surface area (Å²) in [5.41, 5.74) is 1.80. The number of hydrogen-bond acceptors (Lipinski definition) is 4. The zero-order valence-electron chi connectivity index (χ0n) is 12.6. The molecule has 2 aromatic rings. The van der Waals surface area contributed by atoms with Crippen LogP contribution >= 0.6 is 11.6 Å². The van der Waals surface area contributed by atoms with E-state index in [0.29, 0.717) is 23.5 Å². The van der Waals surface area contributed by atoms with Crippen LogP contribution in [0, 0.1) is 13.8 Å². The highest BCUT2D eigenvalue weighted by Crippen LogP contribution is 2.28. The fourth-order valence-corrected chi connectivity index (χ4v) is 4.03. The summed E-state index contributed by atoms with van der Waals surface area (Å²) in [7, 11) is -3.81. The molecule has 0 atom stereocenters. The summed E-state index contributed by atoms with van der Waals surface area (Å²) in [5.74, 6) is 0. The largest absolute Gasteiger partial charge is 0.392 e. The third kappa shape index (κ3) is 3.11. The van der Waals surface area contributed by atoms with Crippen molar-refractivity contribution in [2.75, 3.05) is 4.72 Å². The first kappa shape index (κ1) is 16.8. The van der Waals surface area contributed by atoms with Gasteiger partial charge in [0.1, 0.15) is 4.90 Å². The fourth-order valence-electron chi connectivity index (χ4n) is 2.32. The van der Waals surface area contributed by atoms with Gasteiger partial charge in [-0.3, -0.25) is 9.40 Å². The van der Waals surface area contributed by atoms with Gasteiger partial charge in [0.05, 0.1) is 28.7 Å². The first-order valence-corrected chi connectivity index (χ1v) is 8.62. The molecule has 0 saturated heterocycles. The van der Waals surface area contributed by atoms with Gasteiger partial charge in [-0.2, -0.15) is 5.10 Å². The number of nitrogens with zero attached hydrogens (tertiary/aromatic N) is 2. The molecule has 120 valence electrons. The van der Waals surface area contributed by atoms with E-state index < -0.39 is 10.0 Å². The lowest BCUT2D eigenvalue weighted by Crippen LogP contribution is -2.15. The summed E-state index contributed by atoms with van der Waals surface area (Å²) in [6, 6.07) is 4.68. The van der Waals surface area contributed by atoms with Crippen LogP contribution in [0.15, 0.2) is 23.1 Å². The van der Waals surface area contributed by atoms with Crippen LogP contribution in [0.25, 0.3) is 0 Å². The van der Waals surface area contributed by atoms with Crippen LogP contribution in [0.3, 0.4) is 0 Å². The van der Waals surface area contributed by atoms with E-state index in [4.69, 9.17) is 16.7 Å². The Morgan fingerprint density at radius 2 is 2.05 bits per heavy atom. The molecule has 6 nitrogen and oxygen atoms in total. The van der Waals surface area contributed by atoms with Crippen LogP contribution in [-0.2, 0) is 23.2 Å². The fraction of sp³-hybridized carbons (Fsp3) is 0.357. The highest BCUT2D eigenvalue weighted by molar-refractivity contribution is 7.92. The predicted octanol–water partition coefficient (Wildman–Crippen LogP) is 2.47. The van der Waals surface area contributed by atoms with Crippen LogP contribution < -0.4 is 4.72 Å². The second kappa shape index (κ2) is 6.28. The minimum atomic E-state index is -3.81. The second-order valence-corrected chi connectivity index (χ2v) is 6.92. The molecule has 0 aliphatic carbocycles. The molecule has 0 spiro atoms. The molecular weight excluding hydrogens is 326 g/mol. The van der Waals surface area contributed by atoms with Crippen molar-refractivity contribution in [2.45, 2.75) is 38.8 Å². The molecule has 1 heterocycles. The van der Waals surface area contributed by atoms with Gasteiger partial charge in [0.2, 0.25) is 0 Å². The van der Waals surface area contributed by atoms with Gasteiger partial charge in [0.15, 0.2) is 0 Å². The normalized spacial score (nSPS) is 11.7. The smallest absolute Gasteiger partial charge is 0.265 e. The number of nitrogens with one attached hydrogen (secondary N) is 1. The molecule has 1 aromatic carbocycles. The van der Waals surface area contributed by atoms with Gasteiger partial charge in [-0.1, -0.05) is 17.7 Å². The van der Waals surface area contributed by atoms with E-state index in [1.165, 1.54) is 6.07 Å². The Balaban J connectivity index is 2.47. The molecular formula is C14H18ClN3O3S. The number of sulfonamides is 1. The van der Waals surface area contributed by atoms with Gasteiger partial charge < -0.3 is 5.11 Å². The monoisotopic (exact) mass is 343 g/mol. The van der Waals surface area contributed by atoms with Crippen molar-refractivity contribution in [3.05, 3.63) is 40.2 Å². The number of aryl methyl sites for hydroxylation is 2. The summed E-state index contributed by atoms with van der Waals surface area (Å²) >= 11 is 6.03. The average molecular weight is 344 g/mol. The van der Waals surface area contributed by atoms with Gasteiger partial charge in [-0.25, -0.2) is 8.42 Å². The Morgan fingerprint density at radius 1 is 1.36 bits per heavy atom. The Kier molecular flexibility index (Phi) is 4.79. The zero-order valence-corrected chi connectivity index (χ0v) is 14.2. The van der Waals surface area contributed by atoms with E-state index in [1.807, 2.05) is 6.92 Å². The lowest BCUT2D eigenvalue weighted by molar-refractivity contribution is 0.282. The maximum Gasteiger partial charge on any atom is 0.265 e. The number of aliphatic hydroxyl groups is 1. The number of rotatable bonds is 5. The number of aliphatic hydroxyl groups excluding tert-OH is 1. The molecule has 2 rings (SSSR count). The van der Waals surface area contributed by atoms with E-state index in [2.05, 4.69) is 9.82 Å². The van der Waals surface area contributed by atoms with Gasteiger partial charge >= 0.3 is 0 Å². The molecule has 22 heavy (non-hydrogen) atoms. The number of hydrogen-bond donors (Lipinski definition) is 2. The van der Waals surface area contributed by atoms with E-state index in [-0.39, 0.29) is 22.2 Å². The lowest BCUT2D eigenvalue weighted by atomic mass is 10.2. The first-order valence-electron chi connectivity index (χ1n) is 6.76. The Labute approximate surface area is 134 Å². The summed E-state index contributed by atoms with van der Waals surface area (Å²) in [5, 5.41) is 13.6. The highest BCUT2D eigenvalue weighted by Gasteiger charge is 2.25. The van der Waals surface area contributed by atoms with Crippen molar-refractivity contribution in [3.8, 4) is 0 Å². The van der Waals surface area contributed by atoms with Gasteiger partial charge in [-0.05, 0) is 38.5 Å². The Morgan fingerprint density at radius 3 is 2.59 bits per heavy atom. The third-order valence-corrected chi connectivity index (χ3v) is 5.29. The van der Waals surface area contributed by atoms with Crippen molar-refractivity contribution >= 4 is 27.3 Å². The molecule has 0 aliphatic rings. The topological polar surface area (TPSA) is 84.2 Å². The quantitative estimate of drug-likeness (QED) is 0.873. The van der Waals surface area contributed by atoms with Crippen LogP contribution in [0.5, 0.6) is 0 Å². The highest BCUT2D eigenvalue weighted by atomic mass is 35.5. The summed E-state index contributed by atoms with van der Waals surface area (Å²) < 4.78 is 29.4. The molecule has 0 fully saturated rings. The van der Waals surface area contributed by atoms with Crippen LogP contribution in [0.1, 0.15) is 23.9 Å². The Hall–Kier alpha value is -1.57. The second-order valence-electron chi connectivity index (χ2n) is 4.89. The van der Waals surface area contributed by atoms with E-state index >= 15 is 0 Å². The van der Waals surface area contributed by atoms with E-state index in [1.54, 1.807) is 30.7 Å². The van der Waals surface area contributed by atoms with Crippen LogP contribution in [0.4, 0.5) is 5.69 Å². The molecule has 1 aromatic heterocycles. The van der Waals surface area contributed by atoms with Crippen molar-refractivity contribution in [2.24, 2.45) is 0 Å². The third-order valence-electron chi connectivity index (χ3n) is 3.34. The summed E-state index contributed by atoms with van der Waals surface area (Å²) in [6.45, 7) is 5.65. The first-order chi connectivity index (χ1) is 10.3. The molecule has 2 N–H and O–H groups in total. The van der Waals surface area contributed by atoms with E-state index in [0.717, 1.165) is 0 Å². The lowest BCUT2D eigenvalue weighted by Gasteiger charge is -2.11. The number of benzene rings is 1. The summed E-state index contributed by atoms with van der Waals surface area (Å²) in [4.78, 5) is 0.153. The molecule has 0 amide bonds. The molecule has 0 aliphatic heterocycles. The predicted molar refractivity (Wildman–Crippen MR) is 85.6 cm³/mol. The maximum atomic E-state index is 12.6. The van der Waals surface area contributed by atoms with Crippen molar-refractivity contribution < 1.29 is 13.5 Å². The minimum Gasteiger partial charge on any atom is -0.392 e. The van der Waals surface area contributed by atoms with Crippen LogP contribution in [0.2, 0.25) is 5.02 Å². The van der Waals surface area contributed by atoms with Crippen molar-refractivity contribution in [1.82, 2.24) is 9.78 Å². The van der Waals surface area contributed by atoms with Crippen molar-refractivity contribution in [3.63, 3.8) is 0 Å². The average Bonchev–Trinajstić information content (AvgIpc) is 2.76. The molecule has 0 saturated carbocycles. The van der Waals surface area contributed by atoms with E-state index in [9.17, 15) is 8.42 Å². The molecule has 8 heteroatoms. The number of halogens is 1. The van der Waals surface area contributed by atoms with Crippen molar-refractivity contribution in [1.29, 1.82) is 0 Å².